The summed E-state index contributed by atoms with van der Waals surface area (Å²) in [5.74, 6) is -1.66. The summed E-state index contributed by atoms with van der Waals surface area (Å²) in [5.41, 5.74) is -1.98. The van der Waals surface area contributed by atoms with Gasteiger partial charge in [0.25, 0.3) is 0 Å². The van der Waals surface area contributed by atoms with Crippen LogP contribution < -0.4 is 0 Å². The topological polar surface area (TPSA) is 68.3 Å². The molecule has 0 amide bonds. The van der Waals surface area contributed by atoms with Crippen LogP contribution in [0.5, 0.6) is 0 Å². The Kier molecular flexibility index (Phi) is 53.6. The molecule has 0 aliphatic heterocycles. The van der Waals surface area contributed by atoms with E-state index < -0.39 is 11.3 Å². The molecule has 0 aromatic heterocycles. The van der Waals surface area contributed by atoms with E-state index in [4.69, 9.17) is 0 Å². The van der Waals surface area contributed by atoms with Crippen molar-refractivity contribution in [2.75, 3.05) is 0 Å². The summed E-state index contributed by atoms with van der Waals surface area (Å²) in [4.78, 5) is 57.2. The van der Waals surface area contributed by atoms with E-state index in [1.54, 1.807) is 0 Å². The van der Waals surface area contributed by atoms with Gasteiger partial charge in [0, 0.05) is 25.2 Å². The van der Waals surface area contributed by atoms with Gasteiger partial charge in [-0.15, -0.1) is 0 Å². The van der Waals surface area contributed by atoms with Crippen molar-refractivity contribution in [2.24, 2.45) is 11.3 Å². The second kappa shape index (κ2) is 55.9. The molecular weight excluding hydrogens is 881 g/mol. The molecule has 72 heavy (non-hydrogen) atoms. The third-order valence-corrected chi connectivity index (χ3v) is 14.7. The summed E-state index contributed by atoms with van der Waals surface area (Å²) in [5, 5.41) is 0. The Hall–Kier alpha value is -2.88. The average molecular weight is 999 g/mol. The number of rotatable bonds is 57. The van der Waals surface area contributed by atoms with E-state index in [1.165, 1.54) is 122 Å². The maximum absolute atomic E-state index is 14.6. The van der Waals surface area contributed by atoms with Crippen molar-refractivity contribution in [1.29, 1.82) is 0 Å². The molecule has 0 saturated carbocycles. The Labute approximate surface area is 448 Å². The second-order valence-corrected chi connectivity index (χ2v) is 21.3. The SMILES string of the molecule is CCC=CCC=CCC=CCCCCCCCC(=O)C([C]=O)(C(=O)CCCCCCCCCCCCCCC)C(CCCCC/C=C\C/C=C\C/C=C\CC)C(=O)CCCCCCCCCCCCCCC. The van der Waals surface area contributed by atoms with E-state index in [1.807, 2.05) is 0 Å². The maximum Gasteiger partial charge on any atom is 0.221 e. The highest BCUT2D eigenvalue weighted by Gasteiger charge is 2.53. The van der Waals surface area contributed by atoms with Gasteiger partial charge in [0.1, 0.15) is 5.78 Å². The number of allylic oxidation sites excluding steroid dienone is 12. The Morgan fingerprint density at radius 1 is 0.333 bits per heavy atom. The fraction of sp³-hybridized carbons (Fsp3) is 0.765. The standard InChI is InChI=1S/C68H117O4/c1-5-9-13-17-21-25-29-33-34-38-42-46-50-54-58-62-67(72)68(63-69,66(71)61-57-53-49-45-41-37-32-28-24-20-16-12-8-4)64(59-55-51-47-43-39-35-30-26-22-18-14-10-6-2)65(70)60-56-52-48-44-40-36-31-27-23-19-15-11-7-3/h9-10,13-14,21-22,25-26,33-35,39,64H,5-8,11-12,15-20,23-24,27-32,36-38,40-62H2,1-4H3/b13-9?,14-10-,25-21?,26-22-,34-33?,39-35-. The zero-order valence-electron chi connectivity index (χ0n) is 48.2. The zero-order valence-corrected chi connectivity index (χ0v) is 48.2. The van der Waals surface area contributed by atoms with Gasteiger partial charge in [-0.3, -0.25) is 19.2 Å². The summed E-state index contributed by atoms with van der Waals surface area (Å²) in [7, 11) is 0. The molecule has 0 spiro atoms. The Morgan fingerprint density at radius 2 is 0.611 bits per heavy atom. The highest BCUT2D eigenvalue weighted by Crippen LogP contribution is 2.38. The Bertz CT molecular complexity index is 1410. The van der Waals surface area contributed by atoms with Gasteiger partial charge >= 0.3 is 0 Å². The number of carbonyl (C=O) groups excluding carboxylic acids is 4. The minimum atomic E-state index is -1.98. The molecule has 0 bridgehead atoms. The van der Waals surface area contributed by atoms with Crippen LogP contribution in [0.1, 0.15) is 323 Å². The van der Waals surface area contributed by atoms with Crippen LogP contribution in [0.15, 0.2) is 72.9 Å². The molecule has 1 radical (unpaired) electrons. The first kappa shape index (κ1) is 69.1. The fourth-order valence-electron chi connectivity index (χ4n) is 10.1. The molecule has 0 saturated heterocycles. The van der Waals surface area contributed by atoms with E-state index >= 15 is 0 Å². The predicted octanol–water partition coefficient (Wildman–Crippen LogP) is 21.8. The monoisotopic (exact) mass is 998 g/mol. The predicted molar refractivity (Wildman–Crippen MR) is 317 cm³/mol. The molecule has 0 rings (SSSR count). The van der Waals surface area contributed by atoms with Crippen LogP contribution in [-0.2, 0) is 19.2 Å². The molecule has 0 fully saturated rings. The van der Waals surface area contributed by atoms with Crippen molar-refractivity contribution in [3.8, 4) is 0 Å². The van der Waals surface area contributed by atoms with Crippen LogP contribution in [-0.4, -0.2) is 23.6 Å². The summed E-state index contributed by atoms with van der Waals surface area (Å²) >= 11 is 0. The van der Waals surface area contributed by atoms with Crippen molar-refractivity contribution in [3.05, 3.63) is 72.9 Å². The summed E-state index contributed by atoms with van der Waals surface area (Å²) in [6, 6.07) is 0. The number of Topliss-reactive ketones (excluding diaryl/α,β-unsaturated/α-hetero) is 3. The lowest BCUT2D eigenvalue weighted by Crippen LogP contribution is -2.50. The lowest BCUT2D eigenvalue weighted by atomic mass is 9.64. The number of hydrogen-bond donors (Lipinski definition) is 0. The first-order chi connectivity index (χ1) is 35.5. The van der Waals surface area contributed by atoms with E-state index in [0.29, 0.717) is 25.7 Å². The van der Waals surface area contributed by atoms with Crippen LogP contribution in [0.2, 0.25) is 0 Å². The number of carbonyl (C=O) groups is 3. The molecule has 0 aliphatic rings. The molecule has 4 heteroatoms. The van der Waals surface area contributed by atoms with Gasteiger partial charge in [0.2, 0.25) is 6.29 Å². The quantitative estimate of drug-likeness (QED) is 0.0346. The fourth-order valence-corrected chi connectivity index (χ4v) is 10.1. The van der Waals surface area contributed by atoms with Crippen LogP contribution in [0.4, 0.5) is 0 Å². The van der Waals surface area contributed by atoms with E-state index in [-0.39, 0.29) is 30.2 Å². The third kappa shape index (κ3) is 41.5. The first-order valence-corrected chi connectivity index (χ1v) is 31.3. The highest BCUT2D eigenvalue weighted by molar-refractivity contribution is 6.21. The van der Waals surface area contributed by atoms with Gasteiger partial charge < -0.3 is 0 Å². The molecule has 2 unspecified atom stereocenters. The summed E-state index contributed by atoms with van der Waals surface area (Å²) < 4.78 is 0. The number of hydrogen-bond acceptors (Lipinski definition) is 4. The zero-order chi connectivity index (χ0) is 52.5. The van der Waals surface area contributed by atoms with Crippen molar-refractivity contribution in [2.45, 2.75) is 323 Å². The molecular formula is C68H117O4. The smallest absolute Gasteiger partial charge is 0.221 e. The third-order valence-electron chi connectivity index (χ3n) is 14.7. The molecule has 0 aliphatic carbocycles. The van der Waals surface area contributed by atoms with Crippen LogP contribution in [0, 0.1) is 11.3 Å². The molecule has 413 valence electrons. The second-order valence-electron chi connectivity index (χ2n) is 21.3. The van der Waals surface area contributed by atoms with Gasteiger partial charge in [0.15, 0.2) is 17.0 Å². The average Bonchev–Trinajstić information content (AvgIpc) is 3.38. The highest BCUT2D eigenvalue weighted by atomic mass is 16.2. The first-order valence-electron chi connectivity index (χ1n) is 31.3. The Balaban J connectivity index is 5.74. The van der Waals surface area contributed by atoms with E-state index in [0.717, 1.165) is 135 Å². The van der Waals surface area contributed by atoms with Crippen LogP contribution in [0.25, 0.3) is 0 Å². The normalized spacial score (nSPS) is 13.6. The molecule has 0 aromatic carbocycles. The molecule has 2 atom stereocenters. The van der Waals surface area contributed by atoms with Crippen molar-refractivity contribution in [1.82, 2.24) is 0 Å². The molecule has 0 aromatic rings. The molecule has 4 nitrogen and oxygen atoms in total. The van der Waals surface area contributed by atoms with Crippen molar-refractivity contribution < 1.29 is 19.2 Å². The van der Waals surface area contributed by atoms with Gasteiger partial charge in [-0.05, 0) is 89.9 Å². The van der Waals surface area contributed by atoms with Crippen molar-refractivity contribution in [3.63, 3.8) is 0 Å². The van der Waals surface area contributed by atoms with Gasteiger partial charge in [-0.2, -0.15) is 0 Å². The van der Waals surface area contributed by atoms with Gasteiger partial charge in [-0.25, -0.2) is 0 Å². The maximum atomic E-state index is 14.6. The van der Waals surface area contributed by atoms with E-state index in [2.05, 4.69) is 107 Å². The van der Waals surface area contributed by atoms with Gasteiger partial charge in [0.05, 0.1) is 0 Å². The minimum Gasteiger partial charge on any atom is -0.299 e. The molecule has 0 N–H and O–H groups in total. The number of ketones is 3. The summed E-state index contributed by atoms with van der Waals surface area (Å²) in [6.45, 7) is 8.84. The largest absolute Gasteiger partial charge is 0.299 e. The minimum absolute atomic E-state index is 0.0640. The van der Waals surface area contributed by atoms with E-state index in [9.17, 15) is 19.2 Å². The lowest BCUT2D eigenvalue weighted by molar-refractivity contribution is -0.145. The lowest BCUT2D eigenvalue weighted by Gasteiger charge is -2.33. The molecule has 0 heterocycles. The van der Waals surface area contributed by atoms with Gasteiger partial charge in [-0.1, -0.05) is 287 Å². The van der Waals surface area contributed by atoms with Crippen LogP contribution >= 0.6 is 0 Å². The number of unbranched alkanes of at least 4 members (excludes halogenated alkanes) is 32. The van der Waals surface area contributed by atoms with Crippen molar-refractivity contribution >= 4 is 23.6 Å². The Morgan fingerprint density at radius 3 is 0.944 bits per heavy atom. The summed E-state index contributed by atoms with van der Waals surface area (Å²) in [6.07, 6.45) is 76.7. The van der Waals surface area contributed by atoms with Crippen LogP contribution in [0.3, 0.4) is 0 Å².